The van der Waals surface area contributed by atoms with Gasteiger partial charge in [-0.3, -0.25) is 4.79 Å². The molecule has 30 heavy (non-hydrogen) atoms. The lowest BCUT2D eigenvalue weighted by Gasteiger charge is -2.12. The van der Waals surface area contributed by atoms with Gasteiger partial charge in [-0.15, -0.1) is 0 Å². The number of rotatable bonds is 4. The van der Waals surface area contributed by atoms with Crippen LogP contribution in [0.15, 0.2) is 91.0 Å². The molecule has 146 valence electrons. The zero-order valence-electron chi connectivity index (χ0n) is 16.8. The number of aryl methyl sites for hydroxylation is 1. The van der Waals surface area contributed by atoms with E-state index in [9.17, 15) is 4.79 Å². The molecule has 0 spiro atoms. The maximum absolute atomic E-state index is 12.7. The highest BCUT2D eigenvalue weighted by Gasteiger charge is 2.13. The van der Waals surface area contributed by atoms with Gasteiger partial charge >= 0.3 is 0 Å². The minimum atomic E-state index is -0.0184. The van der Waals surface area contributed by atoms with Gasteiger partial charge in [-0.1, -0.05) is 84.4 Å². The maximum Gasteiger partial charge on any atom is 0.228 e. The normalized spacial score (nSPS) is 11.1. The molecule has 0 fully saturated rings. The third kappa shape index (κ3) is 3.35. The molecule has 0 saturated heterocycles. The number of anilines is 1. The number of fused-ring (bicyclic) bond motifs is 3. The first-order chi connectivity index (χ1) is 14.7. The molecule has 0 unspecified atom stereocenters. The molecule has 4 aromatic carbocycles. The van der Waals surface area contributed by atoms with Gasteiger partial charge in [-0.25, -0.2) is 0 Å². The summed E-state index contributed by atoms with van der Waals surface area (Å²) in [6.45, 7) is 2.05. The van der Waals surface area contributed by atoms with Crippen molar-refractivity contribution in [3.63, 3.8) is 0 Å². The predicted octanol–water partition coefficient (Wildman–Crippen LogP) is 6.48. The summed E-state index contributed by atoms with van der Waals surface area (Å²) in [4.78, 5) is 16.3. The molecular formula is C27H22N2O. The second-order valence-corrected chi connectivity index (χ2v) is 7.65. The predicted molar refractivity (Wildman–Crippen MR) is 125 cm³/mol. The van der Waals surface area contributed by atoms with Gasteiger partial charge in [0, 0.05) is 33.1 Å². The van der Waals surface area contributed by atoms with Crippen LogP contribution in [0.1, 0.15) is 11.1 Å². The van der Waals surface area contributed by atoms with Crippen molar-refractivity contribution in [2.75, 3.05) is 5.32 Å². The van der Waals surface area contributed by atoms with Crippen molar-refractivity contribution in [1.82, 2.24) is 4.98 Å². The summed E-state index contributed by atoms with van der Waals surface area (Å²) >= 11 is 0. The second-order valence-electron chi connectivity index (χ2n) is 7.65. The molecule has 1 amide bonds. The van der Waals surface area contributed by atoms with E-state index < -0.39 is 0 Å². The van der Waals surface area contributed by atoms with Gasteiger partial charge in [0.15, 0.2) is 0 Å². The van der Waals surface area contributed by atoms with Crippen molar-refractivity contribution in [2.24, 2.45) is 0 Å². The summed E-state index contributed by atoms with van der Waals surface area (Å²) < 4.78 is 0. The van der Waals surface area contributed by atoms with Crippen LogP contribution in [0.4, 0.5) is 5.69 Å². The number of carbonyl (C=O) groups excluding carboxylic acids is 1. The van der Waals surface area contributed by atoms with Crippen LogP contribution < -0.4 is 5.32 Å². The number of benzene rings is 4. The third-order valence-corrected chi connectivity index (χ3v) is 5.52. The Bertz CT molecular complexity index is 1360. The quantitative estimate of drug-likeness (QED) is 0.362. The number of H-pyrrole nitrogens is 1. The molecule has 1 aromatic heterocycles. The van der Waals surface area contributed by atoms with E-state index in [2.05, 4.69) is 52.8 Å². The SMILES string of the molecule is Cc1ccc(CC(=O)Nc2ccccc2-c2cccc3c2[nH]c2ccccc23)cc1. The summed E-state index contributed by atoms with van der Waals surface area (Å²) in [5.41, 5.74) is 7.30. The molecule has 0 radical (unpaired) electrons. The van der Waals surface area contributed by atoms with E-state index in [0.29, 0.717) is 6.42 Å². The molecule has 0 bridgehead atoms. The highest BCUT2D eigenvalue weighted by atomic mass is 16.1. The average molecular weight is 390 g/mol. The van der Waals surface area contributed by atoms with Crippen LogP contribution in [0, 0.1) is 6.92 Å². The number of para-hydroxylation sites is 3. The van der Waals surface area contributed by atoms with E-state index in [1.807, 2.05) is 55.5 Å². The molecule has 0 aliphatic heterocycles. The molecule has 2 N–H and O–H groups in total. The number of carbonyl (C=O) groups is 1. The Labute approximate surface area is 175 Å². The van der Waals surface area contributed by atoms with Crippen molar-refractivity contribution >= 4 is 33.4 Å². The van der Waals surface area contributed by atoms with Crippen LogP contribution in [-0.4, -0.2) is 10.9 Å². The van der Waals surface area contributed by atoms with E-state index in [1.54, 1.807) is 0 Å². The summed E-state index contributed by atoms with van der Waals surface area (Å²) in [6.07, 6.45) is 0.352. The summed E-state index contributed by atoms with van der Waals surface area (Å²) in [5, 5.41) is 5.51. The van der Waals surface area contributed by atoms with Gasteiger partial charge in [-0.05, 0) is 24.6 Å². The van der Waals surface area contributed by atoms with Crippen LogP contribution in [0.25, 0.3) is 32.9 Å². The molecule has 1 heterocycles. The molecule has 5 rings (SSSR count). The van der Waals surface area contributed by atoms with E-state index in [1.165, 1.54) is 16.3 Å². The minimum absolute atomic E-state index is 0.0184. The van der Waals surface area contributed by atoms with Crippen molar-refractivity contribution in [2.45, 2.75) is 13.3 Å². The molecule has 3 nitrogen and oxygen atoms in total. The van der Waals surface area contributed by atoms with E-state index in [4.69, 9.17) is 0 Å². The van der Waals surface area contributed by atoms with Crippen LogP contribution in [0.2, 0.25) is 0 Å². The molecule has 5 aromatic rings. The Morgan fingerprint density at radius 1 is 0.767 bits per heavy atom. The number of amides is 1. The van der Waals surface area contributed by atoms with E-state index in [0.717, 1.165) is 33.4 Å². The maximum atomic E-state index is 12.7. The van der Waals surface area contributed by atoms with Crippen molar-refractivity contribution < 1.29 is 4.79 Å². The van der Waals surface area contributed by atoms with Gasteiger partial charge in [0.2, 0.25) is 5.91 Å². The van der Waals surface area contributed by atoms with Gasteiger partial charge < -0.3 is 10.3 Å². The number of aromatic nitrogens is 1. The Morgan fingerprint density at radius 2 is 1.47 bits per heavy atom. The first kappa shape index (κ1) is 18.2. The molecule has 0 atom stereocenters. The molecular weight excluding hydrogens is 368 g/mol. The van der Waals surface area contributed by atoms with E-state index in [-0.39, 0.29) is 5.91 Å². The van der Waals surface area contributed by atoms with Gasteiger partial charge in [0.1, 0.15) is 0 Å². The van der Waals surface area contributed by atoms with E-state index >= 15 is 0 Å². The summed E-state index contributed by atoms with van der Waals surface area (Å²) in [5.74, 6) is -0.0184. The lowest BCUT2D eigenvalue weighted by molar-refractivity contribution is -0.115. The van der Waals surface area contributed by atoms with Crippen LogP contribution in [0.3, 0.4) is 0 Å². The highest BCUT2D eigenvalue weighted by molar-refractivity contribution is 6.13. The number of nitrogens with one attached hydrogen (secondary N) is 2. The van der Waals surface area contributed by atoms with Gasteiger partial charge in [-0.2, -0.15) is 0 Å². The van der Waals surface area contributed by atoms with Crippen LogP contribution >= 0.6 is 0 Å². The molecule has 0 saturated carbocycles. The molecule has 0 aliphatic carbocycles. The molecule has 3 heteroatoms. The summed E-state index contributed by atoms with van der Waals surface area (Å²) in [6, 6.07) is 30.7. The van der Waals surface area contributed by atoms with Crippen molar-refractivity contribution in [3.8, 4) is 11.1 Å². The van der Waals surface area contributed by atoms with Crippen LogP contribution in [-0.2, 0) is 11.2 Å². The Balaban J connectivity index is 1.52. The zero-order valence-corrected chi connectivity index (χ0v) is 16.8. The number of aromatic amines is 1. The monoisotopic (exact) mass is 390 g/mol. The zero-order chi connectivity index (χ0) is 20.5. The fourth-order valence-corrected chi connectivity index (χ4v) is 4.01. The van der Waals surface area contributed by atoms with Gasteiger partial charge in [0.25, 0.3) is 0 Å². The fourth-order valence-electron chi connectivity index (χ4n) is 4.01. The summed E-state index contributed by atoms with van der Waals surface area (Å²) in [7, 11) is 0. The van der Waals surface area contributed by atoms with Gasteiger partial charge in [0.05, 0.1) is 11.9 Å². The average Bonchev–Trinajstić information content (AvgIpc) is 3.15. The Kier molecular flexibility index (Phi) is 4.56. The largest absolute Gasteiger partial charge is 0.354 e. The number of hydrogen-bond acceptors (Lipinski definition) is 1. The van der Waals surface area contributed by atoms with Crippen molar-refractivity contribution in [3.05, 3.63) is 102 Å². The Hall–Kier alpha value is -3.85. The first-order valence-corrected chi connectivity index (χ1v) is 10.1. The lowest BCUT2D eigenvalue weighted by atomic mass is 10.00. The Morgan fingerprint density at radius 3 is 2.33 bits per heavy atom. The third-order valence-electron chi connectivity index (χ3n) is 5.52. The smallest absolute Gasteiger partial charge is 0.228 e. The lowest BCUT2D eigenvalue weighted by Crippen LogP contribution is -2.15. The van der Waals surface area contributed by atoms with Crippen molar-refractivity contribution in [1.29, 1.82) is 0 Å². The first-order valence-electron chi connectivity index (χ1n) is 10.1. The second kappa shape index (κ2) is 7.53. The molecule has 0 aliphatic rings. The fraction of sp³-hybridized carbons (Fsp3) is 0.0741. The van der Waals surface area contributed by atoms with Crippen LogP contribution in [0.5, 0.6) is 0 Å². The minimum Gasteiger partial charge on any atom is -0.354 e. The topological polar surface area (TPSA) is 44.9 Å². The number of hydrogen-bond donors (Lipinski definition) is 2. The standard InChI is InChI=1S/C27H22N2O/c1-18-13-15-19(16-14-18)17-26(30)28-24-11-4-2-7-20(24)22-9-6-10-23-21-8-3-5-12-25(21)29-27(22)23/h2-16,29H,17H2,1H3,(H,28,30). The highest BCUT2D eigenvalue weighted by Crippen LogP contribution is 2.36.